The molecule has 0 aliphatic carbocycles. The second-order valence-electron chi connectivity index (χ2n) is 4.42. The number of benzene rings is 1. The van der Waals surface area contributed by atoms with Gasteiger partial charge in [0.15, 0.2) is 0 Å². The second kappa shape index (κ2) is 7.48. The van der Waals surface area contributed by atoms with Crippen LogP contribution >= 0.6 is 0 Å². The average molecular weight is 317 g/mol. The van der Waals surface area contributed by atoms with E-state index in [1.807, 2.05) is 36.5 Å². The van der Waals surface area contributed by atoms with Gasteiger partial charge in [0.05, 0.1) is 6.04 Å². The zero-order valence-electron chi connectivity index (χ0n) is 11.3. The maximum atomic E-state index is 10.6. The standard InChI is InChI=1S/C12H13NO2.C2HF3O2/c14-12(15)6-5-11-10-4-2-1-3-9(10)7-8-13-11;3-2(4,5)1(6)7/h1-4,7-8,11,13H,5-6H2,(H,14,15);(H,6,7). The monoisotopic (exact) mass is 317 g/mol. The highest BCUT2D eigenvalue weighted by Crippen LogP contribution is 2.26. The maximum absolute atomic E-state index is 10.6. The molecule has 0 radical (unpaired) electrons. The van der Waals surface area contributed by atoms with Crippen LogP contribution in [0.1, 0.15) is 30.0 Å². The van der Waals surface area contributed by atoms with E-state index >= 15 is 0 Å². The predicted octanol–water partition coefficient (Wildman–Crippen LogP) is 2.80. The Balaban J connectivity index is 0.000000295. The fourth-order valence-corrected chi connectivity index (χ4v) is 1.83. The van der Waals surface area contributed by atoms with E-state index in [-0.39, 0.29) is 12.5 Å². The van der Waals surface area contributed by atoms with Crippen molar-refractivity contribution in [3.63, 3.8) is 0 Å². The minimum absolute atomic E-state index is 0.127. The highest BCUT2D eigenvalue weighted by atomic mass is 19.4. The van der Waals surface area contributed by atoms with Crippen LogP contribution in [0, 0.1) is 0 Å². The Morgan fingerprint density at radius 1 is 1.18 bits per heavy atom. The van der Waals surface area contributed by atoms with Crippen molar-refractivity contribution in [1.82, 2.24) is 5.32 Å². The number of nitrogens with one attached hydrogen (secondary N) is 1. The van der Waals surface area contributed by atoms with Crippen molar-refractivity contribution in [2.45, 2.75) is 25.1 Å². The molecule has 22 heavy (non-hydrogen) atoms. The van der Waals surface area contributed by atoms with Crippen LogP contribution in [0.5, 0.6) is 0 Å². The fourth-order valence-electron chi connectivity index (χ4n) is 1.83. The molecule has 0 saturated carbocycles. The first kappa shape index (κ1) is 17.5. The minimum Gasteiger partial charge on any atom is -0.481 e. The molecule has 8 heteroatoms. The summed E-state index contributed by atoms with van der Waals surface area (Å²) < 4.78 is 31.7. The third-order valence-corrected chi connectivity index (χ3v) is 2.82. The molecule has 1 atom stereocenters. The zero-order valence-corrected chi connectivity index (χ0v) is 11.3. The first-order valence-electron chi connectivity index (χ1n) is 6.25. The Bertz CT molecular complexity index is 569. The number of carboxylic acids is 2. The van der Waals surface area contributed by atoms with Gasteiger partial charge in [0, 0.05) is 6.42 Å². The summed E-state index contributed by atoms with van der Waals surface area (Å²) in [5.74, 6) is -3.50. The van der Waals surface area contributed by atoms with E-state index in [0.29, 0.717) is 6.42 Å². The summed E-state index contributed by atoms with van der Waals surface area (Å²) in [6, 6.07) is 8.18. The number of hydrogen-bond acceptors (Lipinski definition) is 3. The summed E-state index contributed by atoms with van der Waals surface area (Å²) in [5.41, 5.74) is 2.35. The number of hydrogen-bond donors (Lipinski definition) is 3. The number of rotatable bonds is 3. The summed E-state index contributed by atoms with van der Waals surface area (Å²) in [5, 5.41) is 19.0. The van der Waals surface area contributed by atoms with Crippen molar-refractivity contribution in [2.75, 3.05) is 0 Å². The molecule has 0 aromatic heterocycles. The van der Waals surface area contributed by atoms with Crippen molar-refractivity contribution in [3.05, 3.63) is 41.6 Å². The largest absolute Gasteiger partial charge is 0.490 e. The Morgan fingerprint density at radius 3 is 2.32 bits per heavy atom. The SMILES string of the molecule is O=C(O)C(F)(F)F.O=C(O)CCC1NC=Cc2ccccc21. The molecule has 1 unspecified atom stereocenters. The van der Waals surface area contributed by atoms with E-state index in [1.54, 1.807) is 0 Å². The lowest BCUT2D eigenvalue weighted by molar-refractivity contribution is -0.192. The van der Waals surface area contributed by atoms with Crippen molar-refractivity contribution in [1.29, 1.82) is 0 Å². The fraction of sp³-hybridized carbons (Fsp3) is 0.286. The predicted molar refractivity (Wildman–Crippen MR) is 71.9 cm³/mol. The average Bonchev–Trinajstić information content (AvgIpc) is 2.44. The van der Waals surface area contributed by atoms with Gasteiger partial charge in [-0.3, -0.25) is 4.79 Å². The number of halogens is 3. The van der Waals surface area contributed by atoms with Gasteiger partial charge in [-0.25, -0.2) is 4.79 Å². The molecule has 0 spiro atoms. The minimum atomic E-state index is -5.08. The van der Waals surface area contributed by atoms with E-state index in [9.17, 15) is 18.0 Å². The van der Waals surface area contributed by atoms with Crippen LogP contribution in [0.3, 0.4) is 0 Å². The first-order chi connectivity index (χ1) is 10.2. The Hall–Kier alpha value is -2.51. The van der Waals surface area contributed by atoms with Gasteiger partial charge in [0.25, 0.3) is 0 Å². The van der Waals surface area contributed by atoms with Crippen LogP contribution in [-0.4, -0.2) is 28.3 Å². The van der Waals surface area contributed by atoms with Crippen LogP contribution in [-0.2, 0) is 9.59 Å². The molecule has 5 nitrogen and oxygen atoms in total. The van der Waals surface area contributed by atoms with E-state index in [0.717, 1.165) is 0 Å². The maximum Gasteiger partial charge on any atom is 0.490 e. The molecule has 1 heterocycles. The van der Waals surface area contributed by atoms with E-state index in [1.165, 1.54) is 11.1 Å². The molecule has 2 rings (SSSR count). The molecule has 0 amide bonds. The van der Waals surface area contributed by atoms with Gasteiger partial charge in [-0.1, -0.05) is 24.3 Å². The summed E-state index contributed by atoms with van der Waals surface area (Å²) in [4.78, 5) is 19.4. The smallest absolute Gasteiger partial charge is 0.481 e. The van der Waals surface area contributed by atoms with Crippen molar-refractivity contribution >= 4 is 18.0 Å². The topological polar surface area (TPSA) is 86.6 Å². The molecule has 0 bridgehead atoms. The summed E-state index contributed by atoms with van der Waals surface area (Å²) in [6.45, 7) is 0. The summed E-state index contributed by atoms with van der Waals surface area (Å²) in [6.07, 6.45) is -0.377. The number of fused-ring (bicyclic) bond motifs is 1. The quantitative estimate of drug-likeness (QED) is 0.798. The van der Waals surface area contributed by atoms with Crippen molar-refractivity contribution < 1.29 is 33.0 Å². The zero-order chi connectivity index (χ0) is 16.8. The molecule has 1 aliphatic heterocycles. The Labute approximate surface area is 124 Å². The third-order valence-electron chi connectivity index (χ3n) is 2.82. The number of alkyl halides is 3. The second-order valence-corrected chi connectivity index (χ2v) is 4.42. The van der Waals surface area contributed by atoms with Gasteiger partial charge >= 0.3 is 18.1 Å². The Kier molecular flexibility index (Phi) is 5.97. The normalized spacial score (nSPS) is 15.9. The lowest BCUT2D eigenvalue weighted by atomic mass is 9.95. The lowest BCUT2D eigenvalue weighted by Crippen LogP contribution is -2.21. The van der Waals surface area contributed by atoms with Crippen LogP contribution in [0.2, 0.25) is 0 Å². The van der Waals surface area contributed by atoms with Gasteiger partial charge in [-0.15, -0.1) is 0 Å². The Morgan fingerprint density at radius 2 is 1.77 bits per heavy atom. The highest BCUT2D eigenvalue weighted by molar-refractivity contribution is 5.73. The molecule has 1 aliphatic rings. The number of carboxylic acid groups (broad SMARTS) is 2. The first-order valence-corrected chi connectivity index (χ1v) is 6.25. The lowest BCUT2D eigenvalue weighted by Gasteiger charge is -2.22. The van der Waals surface area contributed by atoms with E-state index < -0.39 is 18.1 Å². The highest BCUT2D eigenvalue weighted by Gasteiger charge is 2.38. The van der Waals surface area contributed by atoms with E-state index in [2.05, 4.69) is 5.32 Å². The molecule has 3 N–H and O–H groups in total. The number of aliphatic carboxylic acids is 2. The van der Waals surface area contributed by atoms with Crippen LogP contribution < -0.4 is 5.32 Å². The summed E-state index contributed by atoms with van der Waals surface area (Å²) in [7, 11) is 0. The number of carbonyl (C=O) groups is 2. The van der Waals surface area contributed by atoms with Gasteiger partial charge in [0.2, 0.25) is 0 Å². The van der Waals surface area contributed by atoms with Crippen LogP contribution in [0.15, 0.2) is 30.5 Å². The summed E-state index contributed by atoms with van der Waals surface area (Å²) >= 11 is 0. The molecule has 120 valence electrons. The van der Waals surface area contributed by atoms with Gasteiger partial charge < -0.3 is 15.5 Å². The van der Waals surface area contributed by atoms with Crippen LogP contribution in [0.4, 0.5) is 13.2 Å². The van der Waals surface area contributed by atoms with E-state index in [4.69, 9.17) is 15.0 Å². The molecule has 1 aromatic carbocycles. The van der Waals surface area contributed by atoms with Crippen molar-refractivity contribution in [3.8, 4) is 0 Å². The van der Waals surface area contributed by atoms with Gasteiger partial charge in [-0.05, 0) is 29.8 Å². The molecular weight excluding hydrogens is 303 g/mol. The van der Waals surface area contributed by atoms with Gasteiger partial charge in [-0.2, -0.15) is 13.2 Å². The third kappa shape index (κ3) is 5.47. The molecule has 0 saturated heterocycles. The van der Waals surface area contributed by atoms with Gasteiger partial charge in [0.1, 0.15) is 0 Å². The van der Waals surface area contributed by atoms with Crippen molar-refractivity contribution in [2.24, 2.45) is 0 Å². The van der Waals surface area contributed by atoms with Crippen LogP contribution in [0.25, 0.3) is 6.08 Å². The molecule has 0 fully saturated rings. The molecular formula is C14H14F3NO4. The molecule has 1 aromatic rings.